The lowest BCUT2D eigenvalue weighted by Crippen LogP contribution is -2.40. The molecule has 3 aliphatic rings. The number of anilines is 1. The number of rotatable bonds is 4. The number of aromatic nitrogens is 3. The van der Waals surface area contributed by atoms with Crippen LogP contribution in [-0.2, 0) is 12.6 Å². The van der Waals surface area contributed by atoms with Gasteiger partial charge in [-0.3, -0.25) is 4.79 Å². The van der Waals surface area contributed by atoms with Crippen LogP contribution >= 0.6 is 22.9 Å². The van der Waals surface area contributed by atoms with Gasteiger partial charge < -0.3 is 20.1 Å². The average Bonchev–Trinajstić information content (AvgIpc) is 3.62. The van der Waals surface area contributed by atoms with Gasteiger partial charge in [-0.15, -0.1) is 11.3 Å². The topological polar surface area (TPSA) is 100 Å². The fourth-order valence-electron chi connectivity index (χ4n) is 6.50. The molecule has 0 spiro atoms. The lowest BCUT2D eigenvalue weighted by molar-refractivity contribution is -0.0625. The molecule has 2 atom stereocenters. The van der Waals surface area contributed by atoms with E-state index in [2.05, 4.69) is 27.1 Å². The van der Waals surface area contributed by atoms with Crippen LogP contribution in [0, 0.1) is 35.4 Å². The number of hydrogen-bond donors (Lipinski definition) is 3. The molecule has 0 radical (unpaired) electrons. The van der Waals surface area contributed by atoms with Crippen LogP contribution in [0.4, 0.5) is 10.1 Å². The molecular weight excluding hydrogens is 527 g/mol. The van der Waals surface area contributed by atoms with Gasteiger partial charge in [-0.25, -0.2) is 14.4 Å². The summed E-state index contributed by atoms with van der Waals surface area (Å²) in [5.41, 5.74) is -0.259. The summed E-state index contributed by atoms with van der Waals surface area (Å²) < 4.78 is 15.2. The number of nitrogens with zero attached hydrogens (tertiary/aromatic N) is 3. The largest absolute Gasteiger partial charge is 0.383 e. The first-order chi connectivity index (χ1) is 18.1. The van der Waals surface area contributed by atoms with Gasteiger partial charge in [0.1, 0.15) is 27.7 Å². The molecule has 3 saturated carbocycles. The van der Waals surface area contributed by atoms with E-state index in [-0.39, 0.29) is 22.8 Å². The van der Waals surface area contributed by atoms with E-state index in [1.54, 1.807) is 24.1 Å². The van der Waals surface area contributed by atoms with E-state index in [4.69, 9.17) is 11.6 Å². The summed E-state index contributed by atoms with van der Waals surface area (Å²) in [6, 6.07) is 4.08. The molecule has 7 nitrogen and oxygen atoms in total. The van der Waals surface area contributed by atoms with Crippen molar-refractivity contribution in [2.24, 2.45) is 24.8 Å². The van der Waals surface area contributed by atoms with Crippen molar-refractivity contribution in [2.45, 2.75) is 55.6 Å². The second-order valence-corrected chi connectivity index (χ2v) is 12.3. The fourth-order valence-corrected chi connectivity index (χ4v) is 7.44. The van der Waals surface area contributed by atoms with Crippen LogP contribution in [0.3, 0.4) is 0 Å². The third-order valence-corrected chi connectivity index (χ3v) is 9.55. The van der Waals surface area contributed by atoms with Crippen LogP contribution in [0.5, 0.6) is 0 Å². The third kappa shape index (κ3) is 4.64. The summed E-state index contributed by atoms with van der Waals surface area (Å²) in [5, 5.41) is 27.3. The Bertz CT molecular complexity index is 1430. The smallest absolute Gasteiger partial charge is 0.274 e. The zero-order valence-corrected chi connectivity index (χ0v) is 22.4. The lowest BCUT2D eigenvalue weighted by atomic mass is 9.71. The molecule has 2 heterocycles. The minimum absolute atomic E-state index is 0.0558. The van der Waals surface area contributed by atoms with Crippen molar-refractivity contribution in [3.8, 4) is 11.8 Å². The minimum atomic E-state index is -1.01. The number of hydrogen-bond acceptors (Lipinski definition) is 6. The van der Waals surface area contributed by atoms with Crippen molar-refractivity contribution >= 4 is 34.5 Å². The SMILES string of the molecule is Cn1cnc(C2CC3CC(O)(C#CC4CC(O)(c5nccs5)C4)CC3C2)c1C(=O)Nc1ccc(F)c(Cl)c1. The second kappa shape index (κ2) is 9.45. The van der Waals surface area contributed by atoms with E-state index < -0.39 is 17.0 Å². The number of nitrogens with one attached hydrogen (secondary N) is 1. The molecule has 1 aromatic carbocycles. The van der Waals surface area contributed by atoms with Gasteiger partial charge in [-0.1, -0.05) is 23.4 Å². The molecule has 0 aliphatic heterocycles. The van der Waals surface area contributed by atoms with Crippen molar-refractivity contribution in [1.82, 2.24) is 14.5 Å². The molecule has 0 bridgehead atoms. The van der Waals surface area contributed by atoms with Crippen molar-refractivity contribution in [3.63, 3.8) is 0 Å². The Kier molecular flexibility index (Phi) is 6.35. The number of benzene rings is 1. The number of fused-ring (bicyclic) bond motifs is 1. The predicted molar refractivity (Wildman–Crippen MR) is 142 cm³/mol. The standard InChI is InChI=1S/C28H28ClFN4O3S/c1-34-15-32-23(24(34)25(35)33-20-2-3-22(30)21(29)10-20)17-8-18-13-27(36,14-19(18)9-17)5-4-16-11-28(37,12-16)26-31-6-7-38-26/h2-3,6-7,10,15-19,36-37H,8-9,11-14H2,1H3,(H,33,35). The highest BCUT2D eigenvalue weighted by molar-refractivity contribution is 7.09. The first-order valence-electron chi connectivity index (χ1n) is 12.8. The molecule has 2 unspecified atom stereocenters. The zero-order valence-electron chi connectivity index (χ0n) is 20.8. The number of thiazole rings is 1. The first-order valence-corrected chi connectivity index (χ1v) is 14.0. The molecule has 3 aromatic rings. The molecule has 10 heteroatoms. The molecule has 2 aromatic heterocycles. The van der Waals surface area contributed by atoms with Gasteiger partial charge in [-0.2, -0.15) is 0 Å². The highest BCUT2D eigenvalue weighted by Crippen LogP contribution is 2.54. The van der Waals surface area contributed by atoms with Crippen molar-refractivity contribution in [2.75, 3.05) is 5.32 Å². The van der Waals surface area contributed by atoms with E-state index >= 15 is 0 Å². The maximum absolute atomic E-state index is 13.5. The van der Waals surface area contributed by atoms with E-state index in [1.807, 2.05) is 5.38 Å². The first kappa shape index (κ1) is 25.5. The predicted octanol–water partition coefficient (Wildman–Crippen LogP) is 4.86. The Balaban J connectivity index is 1.09. The molecule has 0 saturated heterocycles. The number of halogens is 2. The van der Waals surface area contributed by atoms with Crippen LogP contribution in [0.1, 0.15) is 65.6 Å². The van der Waals surface area contributed by atoms with Crippen LogP contribution in [-0.4, -0.2) is 36.3 Å². The van der Waals surface area contributed by atoms with Crippen LogP contribution < -0.4 is 5.32 Å². The van der Waals surface area contributed by atoms with Gasteiger partial charge in [0.05, 0.1) is 17.0 Å². The zero-order chi connectivity index (χ0) is 26.7. The summed E-state index contributed by atoms with van der Waals surface area (Å²) >= 11 is 7.32. The van der Waals surface area contributed by atoms with Gasteiger partial charge in [0.2, 0.25) is 0 Å². The van der Waals surface area contributed by atoms with E-state index in [1.165, 1.54) is 29.5 Å². The highest BCUT2D eigenvalue weighted by atomic mass is 35.5. The molecule has 38 heavy (non-hydrogen) atoms. The summed E-state index contributed by atoms with van der Waals surface area (Å²) in [5.74, 6) is 6.30. The monoisotopic (exact) mass is 554 g/mol. The Morgan fingerprint density at radius 1 is 1.21 bits per heavy atom. The highest BCUT2D eigenvalue weighted by Gasteiger charge is 2.50. The quantitative estimate of drug-likeness (QED) is 0.400. The number of carbonyl (C=O) groups is 1. The van der Waals surface area contributed by atoms with E-state index in [0.717, 1.165) is 23.5 Å². The molecule has 6 rings (SSSR count). The van der Waals surface area contributed by atoms with Gasteiger partial charge in [0, 0.05) is 36.1 Å². The van der Waals surface area contributed by atoms with Crippen molar-refractivity contribution in [1.29, 1.82) is 0 Å². The molecule has 198 valence electrons. The van der Waals surface area contributed by atoms with Crippen LogP contribution in [0.15, 0.2) is 36.1 Å². The number of aliphatic hydroxyl groups is 2. The molecule has 1 amide bonds. The van der Waals surface area contributed by atoms with E-state index in [0.29, 0.717) is 48.9 Å². The maximum atomic E-state index is 13.5. The van der Waals surface area contributed by atoms with Gasteiger partial charge in [-0.05, 0) is 68.6 Å². The summed E-state index contributed by atoms with van der Waals surface area (Å²) in [7, 11) is 1.78. The minimum Gasteiger partial charge on any atom is -0.383 e. The maximum Gasteiger partial charge on any atom is 0.274 e. The van der Waals surface area contributed by atoms with Gasteiger partial charge in [0.25, 0.3) is 5.91 Å². The number of carbonyl (C=O) groups excluding carboxylic acids is 1. The Labute approximate surface area is 229 Å². The molecule has 3 N–H and O–H groups in total. The van der Waals surface area contributed by atoms with Crippen LogP contribution in [0.2, 0.25) is 5.02 Å². The second-order valence-electron chi connectivity index (χ2n) is 11.0. The molecule has 3 aliphatic carbocycles. The fraction of sp³-hybridized carbons (Fsp3) is 0.464. The van der Waals surface area contributed by atoms with Crippen molar-refractivity contribution < 1.29 is 19.4 Å². The summed E-state index contributed by atoms with van der Waals surface area (Å²) in [6.45, 7) is 0. The number of imidazole rings is 1. The Morgan fingerprint density at radius 3 is 2.61 bits per heavy atom. The Hall–Kier alpha value is -2.77. The summed E-state index contributed by atoms with van der Waals surface area (Å²) in [6.07, 6.45) is 7.32. The van der Waals surface area contributed by atoms with E-state index in [9.17, 15) is 19.4 Å². The average molecular weight is 555 g/mol. The third-order valence-electron chi connectivity index (χ3n) is 8.29. The number of aryl methyl sites for hydroxylation is 1. The van der Waals surface area contributed by atoms with Crippen LogP contribution in [0.25, 0.3) is 0 Å². The molecule has 3 fully saturated rings. The number of amides is 1. The lowest BCUT2D eigenvalue weighted by Gasteiger charge is -2.39. The normalized spacial score (nSPS) is 31.8. The van der Waals surface area contributed by atoms with Gasteiger partial charge >= 0.3 is 0 Å². The summed E-state index contributed by atoms with van der Waals surface area (Å²) in [4.78, 5) is 21.9. The Morgan fingerprint density at radius 2 is 1.95 bits per heavy atom. The van der Waals surface area contributed by atoms with Gasteiger partial charge in [0.15, 0.2) is 0 Å². The van der Waals surface area contributed by atoms with Crippen molar-refractivity contribution in [3.05, 3.63) is 63.3 Å². The molecular formula is C28H28ClFN4O3S.